The highest BCUT2D eigenvalue weighted by Gasteiger charge is 2.43. The zero-order valence-corrected chi connectivity index (χ0v) is 9.13. The molecule has 3 N–H and O–H groups in total. The van der Waals surface area contributed by atoms with Crippen molar-refractivity contribution in [2.45, 2.75) is 37.7 Å². The fourth-order valence-corrected chi connectivity index (χ4v) is 1.40. The van der Waals surface area contributed by atoms with Crippen LogP contribution >= 0.6 is 0 Å². The molecule has 3 nitrogen and oxygen atoms in total. The quantitative estimate of drug-likeness (QED) is 0.711. The van der Waals surface area contributed by atoms with E-state index in [1.807, 2.05) is 4.72 Å². The Balaban J connectivity index is 4.34. The van der Waals surface area contributed by atoms with Crippen LogP contribution in [-0.2, 0) is 11.4 Å². The molecule has 0 aromatic rings. The van der Waals surface area contributed by atoms with Gasteiger partial charge in [0.15, 0.2) is 6.04 Å². The van der Waals surface area contributed by atoms with Crippen LogP contribution in [0.3, 0.4) is 0 Å². The van der Waals surface area contributed by atoms with Gasteiger partial charge < -0.3 is 10.3 Å². The van der Waals surface area contributed by atoms with Gasteiger partial charge in [-0.15, -0.1) is 4.72 Å². The topological polar surface area (TPSA) is 61.1 Å². The fourth-order valence-electron chi connectivity index (χ4n) is 0.555. The predicted molar refractivity (Wildman–Crippen MR) is 49.9 cm³/mol. The molecule has 0 aromatic carbocycles. The van der Waals surface area contributed by atoms with Gasteiger partial charge in [-0.25, -0.2) is 0 Å². The third-order valence-electron chi connectivity index (χ3n) is 1.44. The van der Waals surface area contributed by atoms with Crippen molar-refractivity contribution in [3.8, 4) is 0 Å². The van der Waals surface area contributed by atoms with Gasteiger partial charge in [0.2, 0.25) is 0 Å². The third-order valence-corrected chi connectivity index (χ3v) is 3.05. The zero-order valence-electron chi connectivity index (χ0n) is 8.31. The van der Waals surface area contributed by atoms with Gasteiger partial charge in [-0.3, -0.25) is 0 Å². The number of rotatable bonds is 3. The molecule has 0 spiro atoms. The van der Waals surface area contributed by atoms with Gasteiger partial charge in [0.1, 0.15) is 4.75 Å². The highest BCUT2D eigenvalue weighted by atomic mass is 32.2. The average molecular weight is 232 g/mol. The highest BCUT2D eigenvalue weighted by molar-refractivity contribution is 7.90. The molecule has 0 aliphatic carbocycles. The molecule has 0 saturated heterocycles. The van der Waals surface area contributed by atoms with Crippen LogP contribution in [0.15, 0.2) is 0 Å². The van der Waals surface area contributed by atoms with Crippen molar-refractivity contribution < 1.29 is 17.7 Å². The molecule has 0 rings (SSSR count). The molecule has 0 aliphatic rings. The van der Waals surface area contributed by atoms with E-state index >= 15 is 0 Å². The molecule has 0 aromatic heterocycles. The maximum absolute atomic E-state index is 12.2. The summed E-state index contributed by atoms with van der Waals surface area (Å²) >= 11 is -1.76. The largest absolute Gasteiger partial charge is 0.598 e. The van der Waals surface area contributed by atoms with E-state index in [2.05, 4.69) is 0 Å². The number of alkyl halides is 3. The van der Waals surface area contributed by atoms with Gasteiger partial charge in [-0.2, -0.15) is 13.2 Å². The Kier molecular flexibility index (Phi) is 4.70. The van der Waals surface area contributed by atoms with Gasteiger partial charge in [-0.1, -0.05) is 0 Å². The van der Waals surface area contributed by atoms with Crippen LogP contribution < -0.4 is 10.5 Å². The number of hydrogen-bond acceptors (Lipinski definition) is 3. The van der Waals surface area contributed by atoms with Crippen LogP contribution in [-0.4, -0.2) is 28.1 Å². The second kappa shape index (κ2) is 4.69. The van der Waals surface area contributed by atoms with E-state index in [4.69, 9.17) is 5.73 Å². The van der Waals surface area contributed by atoms with Crippen molar-refractivity contribution in [3.63, 3.8) is 0 Å². The lowest BCUT2D eigenvalue weighted by Crippen LogP contribution is -2.53. The average Bonchev–Trinajstić information content (AvgIpc) is 1.95. The summed E-state index contributed by atoms with van der Waals surface area (Å²) in [5, 5.41) is 0. The normalized spacial score (nSPS) is 18.0. The minimum absolute atomic E-state index is 0.620. The predicted octanol–water partition coefficient (Wildman–Crippen LogP) is 0.928. The fraction of sp³-hybridized carbons (Fsp3) is 1.00. The van der Waals surface area contributed by atoms with E-state index in [9.17, 15) is 17.7 Å². The van der Waals surface area contributed by atoms with E-state index in [-0.39, 0.29) is 0 Å². The van der Waals surface area contributed by atoms with Crippen LogP contribution in [0, 0.1) is 0 Å². The molecule has 0 aliphatic heterocycles. The van der Waals surface area contributed by atoms with Gasteiger partial charge in [-0.05, 0) is 20.8 Å². The van der Waals surface area contributed by atoms with Crippen LogP contribution in [0.25, 0.3) is 0 Å². The summed E-state index contributed by atoms with van der Waals surface area (Å²) < 4.78 is 49.1. The lowest BCUT2D eigenvalue weighted by molar-refractivity contribution is -0.148. The van der Waals surface area contributed by atoms with Crippen molar-refractivity contribution in [1.82, 2.24) is 4.72 Å². The third kappa shape index (κ3) is 4.50. The van der Waals surface area contributed by atoms with Gasteiger partial charge >= 0.3 is 6.18 Å². The molecule has 0 amide bonds. The van der Waals surface area contributed by atoms with Crippen LogP contribution in [0.5, 0.6) is 0 Å². The molecule has 86 valence electrons. The summed E-state index contributed by atoms with van der Waals surface area (Å²) in [7, 11) is 0. The van der Waals surface area contributed by atoms with Gasteiger partial charge in [0.25, 0.3) is 0 Å². The number of nitrogens with two attached hydrogens (primary N) is 1. The molecule has 0 heterocycles. The molecule has 0 saturated carbocycles. The van der Waals surface area contributed by atoms with E-state index in [1.165, 1.54) is 0 Å². The Hall–Kier alpha value is 0.0200. The molecule has 14 heavy (non-hydrogen) atoms. The van der Waals surface area contributed by atoms with Crippen molar-refractivity contribution >= 4 is 11.4 Å². The molecular formula is C7H15F3N2OS. The summed E-state index contributed by atoms with van der Waals surface area (Å²) in [6.45, 7) is 4.13. The van der Waals surface area contributed by atoms with Gasteiger partial charge in [0.05, 0.1) is 0 Å². The number of halogens is 3. The number of nitrogens with one attached hydrogen (secondary N) is 1. The zero-order chi connectivity index (χ0) is 11.6. The molecule has 1 unspecified atom stereocenters. The first-order chi connectivity index (χ1) is 6.09. The van der Waals surface area contributed by atoms with E-state index < -0.39 is 34.9 Å². The summed E-state index contributed by atoms with van der Waals surface area (Å²) in [5.41, 5.74) is 4.93. The second-order valence-corrected chi connectivity index (χ2v) is 5.83. The molecule has 7 heteroatoms. The van der Waals surface area contributed by atoms with E-state index in [0.29, 0.717) is 0 Å². The van der Waals surface area contributed by atoms with Crippen LogP contribution in [0.4, 0.5) is 13.2 Å². The molecule has 0 radical (unpaired) electrons. The summed E-state index contributed by atoms with van der Waals surface area (Å²) in [5.74, 6) is 0. The molecular weight excluding hydrogens is 217 g/mol. The minimum atomic E-state index is -4.46. The Morgan fingerprint density at radius 3 is 2.00 bits per heavy atom. The Morgan fingerprint density at radius 1 is 1.36 bits per heavy atom. The van der Waals surface area contributed by atoms with Crippen molar-refractivity contribution in [2.24, 2.45) is 5.73 Å². The Morgan fingerprint density at radius 2 is 1.79 bits per heavy atom. The second-order valence-electron chi connectivity index (χ2n) is 3.83. The first-order valence-electron chi connectivity index (χ1n) is 4.04. The van der Waals surface area contributed by atoms with Crippen molar-refractivity contribution in [1.29, 1.82) is 0 Å². The monoisotopic (exact) mass is 232 g/mol. The van der Waals surface area contributed by atoms with Crippen molar-refractivity contribution in [2.75, 3.05) is 6.54 Å². The lowest BCUT2D eigenvalue weighted by Gasteiger charge is -2.28. The maximum atomic E-state index is 12.2. The lowest BCUT2D eigenvalue weighted by atomic mass is 10.3. The standard InChI is InChI=1S/C7H15F3N2OS/c1-6(2,3)14(13)12-5(4-11)7(8,9)10/h5,12H,4,11H2,1-3H3/t5-,14?/m1/s1. The number of hydrogen-bond donors (Lipinski definition) is 2. The maximum Gasteiger partial charge on any atom is 0.409 e. The summed E-state index contributed by atoms with van der Waals surface area (Å²) in [4.78, 5) is 0. The molecule has 0 bridgehead atoms. The van der Waals surface area contributed by atoms with Crippen molar-refractivity contribution in [3.05, 3.63) is 0 Å². The first-order valence-corrected chi connectivity index (χ1v) is 5.19. The molecule has 2 atom stereocenters. The summed E-state index contributed by atoms with van der Waals surface area (Å²) in [6, 6.07) is -1.91. The van der Waals surface area contributed by atoms with Crippen LogP contribution in [0.2, 0.25) is 0 Å². The summed E-state index contributed by atoms with van der Waals surface area (Å²) in [6.07, 6.45) is -4.46. The highest BCUT2D eigenvalue weighted by Crippen LogP contribution is 2.22. The molecule has 0 fully saturated rings. The smallest absolute Gasteiger partial charge is 0.409 e. The van der Waals surface area contributed by atoms with Gasteiger partial charge in [0, 0.05) is 17.9 Å². The SMILES string of the molecule is CC(C)(C)[S+]([O-])N[C@H](CN)C(F)(F)F. The Labute approximate surface area is 84.5 Å². The van der Waals surface area contributed by atoms with Crippen LogP contribution in [0.1, 0.15) is 20.8 Å². The minimum Gasteiger partial charge on any atom is -0.598 e. The first kappa shape index (κ1) is 14.0. The Bertz CT molecular complexity index is 181. The van der Waals surface area contributed by atoms with E-state index in [0.717, 1.165) is 0 Å². The van der Waals surface area contributed by atoms with E-state index in [1.54, 1.807) is 20.8 Å².